The summed E-state index contributed by atoms with van der Waals surface area (Å²) in [4.78, 5) is 4.43. The van der Waals surface area contributed by atoms with Gasteiger partial charge in [0.1, 0.15) is 0 Å². The van der Waals surface area contributed by atoms with Crippen molar-refractivity contribution in [1.29, 1.82) is 0 Å². The Hall–Kier alpha value is -0.810. The Bertz CT molecular complexity index is 575. The van der Waals surface area contributed by atoms with Gasteiger partial charge in [-0.3, -0.25) is 4.98 Å². The minimum atomic E-state index is 0.176. The van der Waals surface area contributed by atoms with E-state index >= 15 is 0 Å². The van der Waals surface area contributed by atoms with Crippen molar-refractivity contribution in [3.63, 3.8) is 0 Å². The average molecular weight is 311 g/mol. The normalized spacial score (nSPS) is 14.4. The number of halogens is 1. The summed E-state index contributed by atoms with van der Waals surface area (Å²) in [6.07, 6.45) is 3.79. The standard InChI is InChI=1S/C15H19ClN2OS/c1-10(14(9-19)20-2)18-8-11-5-6-13(16)12-4-3-7-17-15(11)12/h3-7,10,14,18-19H,8-9H2,1-2H3. The van der Waals surface area contributed by atoms with Crippen LogP contribution in [0.25, 0.3) is 10.9 Å². The number of rotatable bonds is 6. The van der Waals surface area contributed by atoms with Crippen LogP contribution in [0.4, 0.5) is 0 Å². The topological polar surface area (TPSA) is 45.1 Å². The quantitative estimate of drug-likeness (QED) is 0.860. The van der Waals surface area contributed by atoms with Gasteiger partial charge in [0.15, 0.2) is 0 Å². The van der Waals surface area contributed by atoms with Crippen molar-refractivity contribution < 1.29 is 5.11 Å². The minimum Gasteiger partial charge on any atom is -0.395 e. The molecule has 0 bridgehead atoms. The van der Waals surface area contributed by atoms with E-state index in [4.69, 9.17) is 11.6 Å². The summed E-state index contributed by atoms with van der Waals surface area (Å²) in [6, 6.07) is 8.01. The van der Waals surface area contributed by atoms with E-state index in [1.54, 1.807) is 18.0 Å². The molecule has 3 nitrogen and oxygen atoms in total. The molecule has 1 heterocycles. The number of aromatic nitrogens is 1. The Labute approximate surface area is 128 Å². The van der Waals surface area contributed by atoms with Crippen molar-refractivity contribution in [3.05, 3.63) is 41.0 Å². The lowest BCUT2D eigenvalue weighted by atomic mass is 10.1. The highest BCUT2D eigenvalue weighted by molar-refractivity contribution is 7.99. The third-order valence-corrected chi connectivity index (χ3v) is 4.95. The third-order valence-electron chi connectivity index (χ3n) is 3.45. The van der Waals surface area contributed by atoms with Gasteiger partial charge in [0, 0.05) is 34.4 Å². The molecule has 108 valence electrons. The molecule has 2 N–H and O–H groups in total. The van der Waals surface area contributed by atoms with Crippen LogP contribution in [0, 0.1) is 0 Å². The number of fused-ring (bicyclic) bond motifs is 1. The molecule has 0 aliphatic rings. The van der Waals surface area contributed by atoms with E-state index in [0.717, 1.165) is 21.5 Å². The lowest BCUT2D eigenvalue weighted by Gasteiger charge is -2.21. The zero-order valence-corrected chi connectivity index (χ0v) is 13.2. The predicted molar refractivity (Wildman–Crippen MR) is 87.4 cm³/mol. The van der Waals surface area contributed by atoms with Crippen molar-refractivity contribution in [1.82, 2.24) is 10.3 Å². The molecule has 0 saturated heterocycles. The van der Waals surface area contributed by atoms with Gasteiger partial charge < -0.3 is 10.4 Å². The van der Waals surface area contributed by atoms with Crippen molar-refractivity contribution in [3.8, 4) is 0 Å². The molecule has 1 aromatic carbocycles. The van der Waals surface area contributed by atoms with Gasteiger partial charge in [-0.2, -0.15) is 11.8 Å². The molecule has 0 saturated carbocycles. The van der Waals surface area contributed by atoms with E-state index in [-0.39, 0.29) is 17.9 Å². The number of aliphatic hydroxyl groups excluding tert-OH is 1. The maximum absolute atomic E-state index is 9.31. The fourth-order valence-corrected chi connectivity index (χ4v) is 3.05. The molecule has 2 aromatic rings. The highest BCUT2D eigenvalue weighted by atomic mass is 35.5. The van der Waals surface area contributed by atoms with Crippen molar-refractivity contribution in [2.75, 3.05) is 12.9 Å². The SMILES string of the molecule is CSC(CO)C(C)NCc1ccc(Cl)c2cccnc12. The Balaban J connectivity index is 2.16. The molecule has 20 heavy (non-hydrogen) atoms. The van der Waals surface area contributed by atoms with E-state index in [9.17, 15) is 5.11 Å². The fourth-order valence-electron chi connectivity index (χ4n) is 2.18. The second-order valence-corrected chi connectivity index (χ2v) is 6.22. The summed E-state index contributed by atoms with van der Waals surface area (Å²) < 4.78 is 0. The minimum absolute atomic E-state index is 0.176. The molecule has 2 unspecified atom stereocenters. The first-order chi connectivity index (χ1) is 9.67. The van der Waals surface area contributed by atoms with Gasteiger partial charge in [-0.05, 0) is 36.9 Å². The Morgan fingerprint density at radius 1 is 1.40 bits per heavy atom. The van der Waals surface area contributed by atoms with Gasteiger partial charge in [0.2, 0.25) is 0 Å². The number of nitrogens with zero attached hydrogens (tertiary/aromatic N) is 1. The summed E-state index contributed by atoms with van der Waals surface area (Å²) >= 11 is 7.86. The van der Waals surface area contributed by atoms with E-state index in [1.807, 2.05) is 30.5 Å². The van der Waals surface area contributed by atoms with Crippen LogP contribution in [0.5, 0.6) is 0 Å². The van der Waals surface area contributed by atoms with Gasteiger partial charge in [-0.1, -0.05) is 17.7 Å². The molecule has 1 aromatic heterocycles. The Kier molecular flexibility index (Phi) is 5.66. The van der Waals surface area contributed by atoms with Crippen molar-refractivity contribution in [2.24, 2.45) is 0 Å². The molecular formula is C15H19ClN2OS. The average Bonchev–Trinajstić information content (AvgIpc) is 2.48. The third kappa shape index (κ3) is 3.44. The lowest BCUT2D eigenvalue weighted by molar-refractivity contribution is 0.276. The molecule has 5 heteroatoms. The first-order valence-corrected chi connectivity index (χ1v) is 8.23. The van der Waals surface area contributed by atoms with Crippen LogP contribution in [0.2, 0.25) is 5.02 Å². The molecular weight excluding hydrogens is 292 g/mol. The van der Waals surface area contributed by atoms with Crippen LogP contribution < -0.4 is 5.32 Å². The fraction of sp³-hybridized carbons (Fsp3) is 0.400. The van der Waals surface area contributed by atoms with Crippen molar-refractivity contribution in [2.45, 2.75) is 24.8 Å². The number of aliphatic hydroxyl groups is 1. The molecule has 2 rings (SSSR count). The largest absolute Gasteiger partial charge is 0.395 e. The van der Waals surface area contributed by atoms with Crippen LogP contribution in [0.15, 0.2) is 30.5 Å². The van der Waals surface area contributed by atoms with Crippen LogP contribution in [0.3, 0.4) is 0 Å². The lowest BCUT2D eigenvalue weighted by Crippen LogP contribution is -2.37. The maximum Gasteiger partial charge on any atom is 0.0761 e. The zero-order valence-electron chi connectivity index (χ0n) is 11.6. The van der Waals surface area contributed by atoms with Gasteiger partial charge in [-0.25, -0.2) is 0 Å². The first kappa shape index (κ1) is 15.6. The van der Waals surface area contributed by atoms with Crippen LogP contribution in [0.1, 0.15) is 12.5 Å². The van der Waals surface area contributed by atoms with Gasteiger partial charge in [0.05, 0.1) is 12.1 Å². The van der Waals surface area contributed by atoms with E-state index in [0.29, 0.717) is 6.54 Å². The summed E-state index contributed by atoms with van der Waals surface area (Å²) in [5.41, 5.74) is 2.05. The molecule has 2 atom stereocenters. The van der Waals surface area contributed by atoms with Gasteiger partial charge in [-0.15, -0.1) is 0 Å². The molecule has 0 fully saturated rings. The zero-order chi connectivity index (χ0) is 14.5. The first-order valence-electron chi connectivity index (χ1n) is 6.56. The second-order valence-electron chi connectivity index (χ2n) is 4.73. The summed E-state index contributed by atoms with van der Waals surface area (Å²) in [5.74, 6) is 0. The Morgan fingerprint density at radius 2 is 2.20 bits per heavy atom. The second kappa shape index (κ2) is 7.27. The molecule has 0 aliphatic carbocycles. The maximum atomic E-state index is 9.31. The molecule has 0 radical (unpaired) electrons. The van der Waals surface area contributed by atoms with Crippen LogP contribution in [-0.4, -0.2) is 34.2 Å². The monoisotopic (exact) mass is 310 g/mol. The molecule has 0 amide bonds. The number of benzene rings is 1. The summed E-state index contributed by atoms with van der Waals surface area (Å²) in [5, 5.41) is 14.7. The van der Waals surface area contributed by atoms with E-state index < -0.39 is 0 Å². The number of hydrogen-bond acceptors (Lipinski definition) is 4. The number of thioether (sulfide) groups is 1. The Morgan fingerprint density at radius 3 is 2.90 bits per heavy atom. The number of pyridine rings is 1. The van der Waals surface area contributed by atoms with Gasteiger partial charge in [0.25, 0.3) is 0 Å². The van der Waals surface area contributed by atoms with E-state index in [1.165, 1.54) is 0 Å². The highest BCUT2D eigenvalue weighted by Gasteiger charge is 2.15. The van der Waals surface area contributed by atoms with Crippen LogP contribution >= 0.6 is 23.4 Å². The van der Waals surface area contributed by atoms with Gasteiger partial charge >= 0.3 is 0 Å². The number of hydrogen-bond donors (Lipinski definition) is 2. The summed E-state index contributed by atoms with van der Waals surface area (Å²) in [6.45, 7) is 2.97. The highest BCUT2D eigenvalue weighted by Crippen LogP contribution is 2.24. The van der Waals surface area contributed by atoms with Crippen molar-refractivity contribution >= 4 is 34.3 Å². The number of nitrogens with one attached hydrogen (secondary N) is 1. The molecule has 0 spiro atoms. The smallest absolute Gasteiger partial charge is 0.0761 e. The summed E-state index contributed by atoms with van der Waals surface area (Å²) in [7, 11) is 0. The molecule has 0 aliphatic heterocycles. The van der Waals surface area contributed by atoms with Crippen LogP contribution in [-0.2, 0) is 6.54 Å². The predicted octanol–water partition coefficient (Wildman–Crippen LogP) is 3.09. The van der Waals surface area contributed by atoms with E-state index in [2.05, 4.69) is 17.2 Å².